The number of fused-ring (bicyclic) bond motifs is 1. The largest absolute Gasteiger partial charge is 0.358 e. The van der Waals surface area contributed by atoms with Gasteiger partial charge in [0.25, 0.3) is 0 Å². The van der Waals surface area contributed by atoms with Crippen LogP contribution >= 0.6 is 0 Å². The second kappa shape index (κ2) is 8.04. The van der Waals surface area contributed by atoms with Crippen molar-refractivity contribution in [2.75, 3.05) is 0 Å². The number of carbonyl (C=O) groups is 1. The quantitative estimate of drug-likeness (QED) is 0.340. The Morgan fingerprint density at radius 2 is 1.54 bits per heavy atom. The first-order valence-corrected chi connectivity index (χ1v) is 12.5. The summed E-state index contributed by atoms with van der Waals surface area (Å²) >= 11 is 0. The average Bonchev–Trinajstić information content (AvgIpc) is 3.02. The summed E-state index contributed by atoms with van der Waals surface area (Å²) in [5.41, 5.74) is 4.47. The number of ketones is 1. The van der Waals surface area contributed by atoms with Gasteiger partial charge >= 0.3 is 0 Å². The Morgan fingerprint density at radius 1 is 0.929 bits per heavy atom. The van der Waals surface area contributed by atoms with Gasteiger partial charge in [-0.15, -0.1) is 0 Å². The molecular formula is C24H32N2OSi. The van der Waals surface area contributed by atoms with Crippen LogP contribution in [0.4, 0.5) is 0 Å². The number of Topliss-reactive ketones (excluding diaryl/α,β-unsaturated/α-hetero) is 1. The summed E-state index contributed by atoms with van der Waals surface area (Å²) < 4.78 is 2.44. The van der Waals surface area contributed by atoms with Gasteiger partial charge in [-0.25, -0.2) is 4.98 Å². The van der Waals surface area contributed by atoms with Crippen molar-refractivity contribution >= 4 is 25.1 Å². The van der Waals surface area contributed by atoms with Gasteiger partial charge in [0.05, 0.1) is 0 Å². The minimum atomic E-state index is -1.98. The number of benzene rings is 1. The van der Waals surface area contributed by atoms with Crippen LogP contribution in [0.2, 0.25) is 16.6 Å². The molecule has 2 aromatic heterocycles. The summed E-state index contributed by atoms with van der Waals surface area (Å²) in [5.74, 6) is 0.169. The lowest BCUT2D eigenvalue weighted by Crippen LogP contribution is -2.51. The van der Waals surface area contributed by atoms with E-state index in [4.69, 9.17) is 4.98 Å². The Hall–Kier alpha value is -2.20. The number of aromatic nitrogens is 2. The predicted octanol–water partition coefficient (Wildman–Crippen LogP) is 6.49. The molecule has 3 nitrogen and oxygen atoms in total. The molecule has 0 aliphatic heterocycles. The first-order chi connectivity index (χ1) is 13.3. The van der Waals surface area contributed by atoms with Gasteiger partial charge in [0.2, 0.25) is 0 Å². The summed E-state index contributed by atoms with van der Waals surface area (Å²) in [6.45, 7) is 14.0. The Labute approximate surface area is 169 Å². The van der Waals surface area contributed by atoms with E-state index >= 15 is 0 Å². The highest BCUT2D eigenvalue weighted by Gasteiger charge is 2.46. The molecule has 0 fully saturated rings. The van der Waals surface area contributed by atoms with Crippen LogP contribution in [0.3, 0.4) is 0 Å². The SMILES string of the molecule is CC(C)[Si](C(C)C)(C(C)C)n1cc(C(=O)Cc2ccccc2)c2cccnc21. The molecule has 0 saturated heterocycles. The lowest BCUT2D eigenvalue weighted by atomic mass is 10.0. The molecule has 0 spiro atoms. The summed E-state index contributed by atoms with van der Waals surface area (Å²) in [4.78, 5) is 18.0. The van der Waals surface area contributed by atoms with Crippen LogP contribution in [0.5, 0.6) is 0 Å². The van der Waals surface area contributed by atoms with Gasteiger partial charge in [-0.1, -0.05) is 71.9 Å². The highest BCUT2D eigenvalue weighted by Crippen LogP contribution is 2.44. The predicted molar refractivity (Wildman–Crippen MR) is 121 cm³/mol. The van der Waals surface area contributed by atoms with Gasteiger partial charge in [0.15, 0.2) is 14.0 Å². The van der Waals surface area contributed by atoms with E-state index in [0.29, 0.717) is 23.0 Å². The second-order valence-electron chi connectivity index (χ2n) is 8.72. The molecule has 28 heavy (non-hydrogen) atoms. The van der Waals surface area contributed by atoms with Crippen LogP contribution in [-0.2, 0) is 6.42 Å². The molecule has 0 aliphatic carbocycles. The Bertz CT molecular complexity index is 935. The minimum Gasteiger partial charge on any atom is -0.358 e. The standard InChI is InChI=1S/C24H32N2OSi/c1-17(2)28(18(3)4,19(5)6)26-16-22(21-13-10-14-25-24(21)26)23(27)15-20-11-8-7-9-12-20/h7-14,16-19H,15H2,1-6H3. The monoisotopic (exact) mass is 392 g/mol. The summed E-state index contributed by atoms with van der Waals surface area (Å²) in [6.07, 6.45) is 4.41. The molecule has 0 radical (unpaired) electrons. The second-order valence-corrected chi connectivity index (χ2v) is 14.4. The zero-order valence-corrected chi connectivity index (χ0v) is 18.9. The van der Waals surface area contributed by atoms with Gasteiger partial charge in [-0.2, -0.15) is 0 Å². The van der Waals surface area contributed by atoms with Gasteiger partial charge in [0.1, 0.15) is 5.65 Å². The summed E-state index contributed by atoms with van der Waals surface area (Å²) in [6, 6.07) is 14.0. The van der Waals surface area contributed by atoms with Crippen molar-refractivity contribution in [2.24, 2.45) is 0 Å². The molecule has 0 saturated carbocycles. The molecule has 1 aromatic carbocycles. The molecule has 0 bridgehead atoms. The summed E-state index contributed by atoms with van der Waals surface area (Å²) in [7, 11) is -1.98. The van der Waals surface area contributed by atoms with Crippen LogP contribution in [0.1, 0.15) is 57.5 Å². The topological polar surface area (TPSA) is 34.9 Å². The van der Waals surface area contributed by atoms with Crippen LogP contribution in [0.15, 0.2) is 54.9 Å². The van der Waals surface area contributed by atoms with Gasteiger partial charge in [0, 0.05) is 29.8 Å². The Morgan fingerprint density at radius 3 is 2.11 bits per heavy atom. The molecule has 0 aliphatic rings. The fourth-order valence-electron chi connectivity index (χ4n) is 5.29. The number of rotatable bonds is 7. The summed E-state index contributed by atoms with van der Waals surface area (Å²) in [5, 5.41) is 0.988. The molecule has 0 amide bonds. The number of hydrogen-bond donors (Lipinski definition) is 0. The van der Waals surface area contributed by atoms with Crippen molar-refractivity contribution in [2.45, 2.75) is 64.6 Å². The molecule has 3 aromatic rings. The normalized spacial score (nSPS) is 12.5. The zero-order chi connectivity index (χ0) is 20.5. The average molecular weight is 393 g/mol. The van der Waals surface area contributed by atoms with Crippen molar-refractivity contribution in [1.29, 1.82) is 0 Å². The maximum absolute atomic E-state index is 13.3. The highest BCUT2D eigenvalue weighted by molar-refractivity contribution is 6.82. The fraction of sp³-hybridized carbons (Fsp3) is 0.417. The van der Waals surface area contributed by atoms with E-state index in [1.54, 1.807) is 0 Å². The van der Waals surface area contributed by atoms with E-state index in [1.165, 1.54) is 0 Å². The molecule has 148 valence electrons. The molecular weight excluding hydrogens is 360 g/mol. The van der Waals surface area contributed by atoms with Crippen molar-refractivity contribution in [3.05, 3.63) is 66.0 Å². The third-order valence-corrected chi connectivity index (χ3v) is 13.0. The van der Waals surface area contributed by atoms with E-state index in [0.717, 1.165) is 22.2 Å². The van der Waals surface area contributed by atoms with Crippen molar-refractivity contribution in [3.63, 3.8) is 0 Å². The van der Waals surface area contributed by atoms with Gasteiger partial charge in [-0.3, -0.25) is 4.79 Å². The smallest absolute Gasteiger partial charge is 0.171 e. The molecule has 2 heterocycles. The highest BCUT2D eigenvalue weighted by atomic mass is 28.3. The zero-order valence-electron chi connectivity index (χ0n) is 17.9. The maximum atomic E-state index is 13.3. The van der Waals surface area contributed by atoms with Gasteiger partial charge < -0.3 is 4.23 Å². The molecule has 3 rings (SSSR count). The minimum absolute atomic E-state index is 0.169. The van der Waals surface area contributed by atoms with E-state index in [-0.39, 0.29) is 5.78 Å². The number of hydrogen-bond acceptors (Lipinski definition) is 2. The third-order valence-electron chi connectivity index (χ3n) is 6.26. The molecule has 0 N–H and O–H groups in total. The molecule has 4 heteroatoms. The lowest BCUT2D eigenvalue weighted by molar-refractivity contribution is 0.0994. The Kier molecular flexibility index (Phi) is 5.89. The van der Waals surface area contributed by atoms with Crippen molar-refractivity contribution in [1.82, 2.24) is 9.22 Å². The van der Waals surface area contributed by atoms with Crippen LogP contribution in [0, 0.1) is 0 Å². The van der Waals surface area contributed by atoms with Gasteiger partial charge in [-0.05, 0) is 34.3 Å². The van der Waals surface area contributed by atoms with Crippen LogP contribution in [-0.4, -0.2) is 23.2 Å². The van der Waals surface area contributed by atoms with Crippen molar-refractivity contribution < 1.29 is 4.79 Å². The molecule has 0 unspecified atom stereocenters. The Balaban J connectivity index is 2.19. The number of nitrogens with zero attached hydrogens (tertiary/aromatic N) is 2. The van der Waals surface area contributed by atoms with Crippen molar-refractivity contribution in [3.8, 4) is 0 Å². The van der Waals surface area contributed by atoms with E-state index in [9.17, 15) is 4.79 Å². The van der Waals surface area contributed by atoms with Crippen LogP contribution in [0.25, 0.3) is 11.0 Å². The lowest BCUT2D eigenvalue weighted by Gasteiger charge is -2.44. The first-order valence-electron chi connectivity index (χ1n) is 10.3. The van der Waals surface area contributed by atoms with E-state index in [1.807, 2.05) is 42.6 Å². The first kappa shape index (κ1) is 20.5. The maximum Gasteiger partial charge on any atom is 0.171 e. The van der Waals surface area contributed by atoms with E-state index < -0.39 is 8.24 Å². The van der Waals surface area contributed by atoms with Crippen LogP contribution < -0.4 is 0 Å². The number of carbonyl (C=O) groups excluding carboxylic acids is 1. The van der Waals surface area contributed by atoms with E-state index in [2.05, 4.69) is 58.0 Å². The third kappa shape index (κ3) is 3.35. The number of pyridine rings is 1. The fourth-order valence-corrected chi connectivity index (χ4v) is 11.9. The molecule has 0 atom stereocenters.